The van der Waals surface area contributed by atoms with Crippen molar-refractivity contribution in [1.29, 1.82) is 0 Å². The van der Waals surface area contributed by atoms with E-state index in [1.807, 2.05) is 12.3 Å². The first-order valence-electron chi connectivity index (χ1n) is 4.08. The molecule has 0 bridgehead atoms. The van der Waals surface area contributed by atoms with Crippen molar-refractivity contribution in [3.63, 3.8) is 0 Å². The molecule has 0 amide bonds. The zero-order valence-electron chi connectivity index (χ0n) is 6.71. The van der Waals surface area contributed by atoms with E-state index in [4.69, 9.17) is 4.74 Å². The standard InChI is InChI=1S/C10H12O/c1-8-2-3-9-4-5-11-7-10(9)6-8/h3-5,7-8H,2,6H2,1H3. The molecule has 1 heteroatoms. The van der Waals surface area contributed by atoms with E-state index in [-0.39, 0.29) is 0 Å². The quantitative estimate of drug-likeness (QED) is 0.513. The highest BCUT2D eigenvalue weighted by Crippen LogP contribution is 2.30. The monoisotopic (exact) mass is 148 g/mol. The van der Waals surface area contributed by atoms with Gasteiger partial charge < -0.3 is 4.74 Å². The summed E-state index contributed by atoms with van der Waals surface area (Å²) in [6.45, 7) is 2.27. The van der Waals surface area contributed by atoms with Gasteiger partial charge in [0.2, 0.25) is 0 Å². The van der Waals surface area contributed by atoms with Crippen molar-refractivity contribution in [1.82, 2.24) is 0 Å². The van der Waals surface area contributed by atoms with Gasteiger partial charge in [-0.15, -0.1) is 0 Å². The van der Waals surface area contributed by atoms with Crippen LogP contribution in [0.5, 0.6) is 0 Å². The fourth-order valence-corrected chi connectivity index (χ4v) is 1.56. The molecule has 1 unspecified atom stereocenters. The zero-order chi connectivity index (χ0) is 7.68. The minimum atomic E-state index is 0.778. The molecule has 0 spiro atoms. The maximum absolute atomic E-state index is 5.10. The van der Waals surface area contributed by atoms with Crippen LogP contribution in [0.4, 0.5) is 0 Å². The molecule has 0 aromatic rings. The average Bonchev–Trinajstić information content (AvgIpc) is 2.04. The second kappa shape index (κ2) is 2.57. The van der Waals surface area contributed by atoms with Gasteiger partial charge in [-0.3, -0.25) is 0 Å². The summed E-state index contributed by atoms with van der Waals surface area (Å²) in [6.07, 6.45) is 10.3. The van der Waals surface area contributed by atoms with Crippen molar-refractivity contribution in [2.24, 2.45) is 5.92 Å². The summed E-state index contributed by atoms with van der Waals surface area (Å²) in [5, 5.41) is 0. The summed E-state index contributed by atoms with van der Waals surface area (Å²) in [7, 11) is 0. The van der Waals surface area contributed by atoms with Crippen LogP contribution >= 0.6 is 0 Å². The van der Waals surface area contributed by atoms with Gasteiger partial charge >= 0.3 is 0 Å². The molecule has 0 fully saturated rings. The summed E-state index contributed by atoms with van der Waals surface area (Å²) in [5.41, 5.74) is 2.71. The number of fused-ring (bicyclic) bond motifs is 1. The van der Waals surface area contributed by atoms with Gasteiger partial charge in [0.1, 0.15) is 0 Å². The van der Waals surface area contributed by atoms with Crippen LogP contribution in [0.2, 0.25) is 0 Å². The number of hydrogen-bond acceptors (Lipinski definition) is 1. The third-order valence-corrected chi connectivity index (χ3v) is 2.22. The predicted octanol–water partition coefficient (Wildman–Crippen LogP) is 2.77. The lowest BCUT2D eigenvalue weighted by Crippen LogP contribution is -2.05. The van der Waals surface area contributed by atoms with Gasteiger partial charge in [0.15, 0.2) is 0 Å². The molecule has 2 aliphatic rings. The van der Waals surface area contributed by atoms with Crippen LogP contribution in [0.15, 0.2) is 35.8 Å². The zero-order valence-corrected chi connectivity index (χ0v) is 6.71. The lowest BCUT2D eigenvalue weighted by atomic mass is 9.87. The molecular formula is C10H12O. The SMILES string of the molecule is CC1CC=C2C=COC=C2C1. The minimum Gasteiger partial charge on any atom is -0.472 e. The molecule has 1 atom stereocenters. The van der Waals surface area contributed by atoms with Crippen LogP contribution in [0.3, 0.4) is 0 Å². The van der Waals surface area contributed by atoms with E-state index in [1.165, 1.54) is 17.6 Å². The van der Waals surface area contributed by atoms with Crippen molar-refractivity contribution in [3.8, 4) is 0 Å². The molecule has 58 valence electrons. The Labute approximate surface area is 67.1 Å². The number of allylic oxidation sites excluding steroid dienone is 4. The first kappa shape index (κ1) is 6.71. The summed E-state index contributed by atoms with van der Waals surface area (Å²) < 4.78 is 5.10. The maximum atomic E-state index is 5.10. The molecule has 0 saturated carbocycles. The normalized spacial score (nSPS) is 28.3. The predicted molar refractivity (Wildman–Crippen MR) is 44.8 cm³/mol. The van der Waals surface area contributed by atoms with E-state index in [9.17, 15) is 0 Å². The van der Waals surface area contributed by atoms with E-state index < -0.39 is 0 Å². The van der Waals surface area contributed by atoms with Gasteiger partial charge in [0, 0.05) is 0 Å². The average molecular weight is 148 g/mol. The van der Waals surface area contributed by atoms with E-state index >= 15 is 0 Å². The highest BCUT2D eigenvalue weighted by Gasteiger charge is 2.15. The summed E-state index contributed by atoms with van der Waals surface area (Å²) in [4.78, 5) is 0. The molecule has 11 heavy (non-hydrogen) atoms. The molecule has 1 heterocycles. The Morgan fingerprint density at radius 1 is 1.55 bits per heavy atom. The highest BCUT2D eigenvalue weighted by atomic mass is 16.5. The van der Waals surface area contributed by atoms with Crippen LogP contribution in [-0.4, -0.2) is 0 Å². The van der Waals surface area contributed by atoms with Crippen molar-refractivity contribution in [2.45, 2.75) is 19.8 Å². The number of rotatable bonds is 0. The Kier molecular flexibility index (Phi) is 1.57. The van der Waals surface area contributed by atoms with E-state index in [0.717, 1.165) is 12.3 Å². The molecule has 0 radical (unpaired) electrons. The number of ether oxygens (including phenoxy) is 1. The topological polar surface area (TPSA) is 9.23 Å². The smallest absolute Gasteiger partial charge is 0.0939 e. The maximum Gasteiger partial charge on any atom is 0.0939 e. The molecule has 0 N–H and O–H groups in total. The molecule has 0 aromatic heterocycles. The fourth-order valence-electron chi connectivity index (χ4n) is 1.56. The Bertz CT molecular complexity index is 246. The lowest BCUT2D eigenvalue weighted by Gasteiger charge is -2.21. The van der Waals surface area contributed by atoms with Crippen LogP contribution < -0.4 is 0 Å². The van der Waals surface area contributed by atoms with Gasteiger partial charge in [-0.05, 0) is 36.0 Å². The Hall–Kier alpha value is -0.980. The minimum absolute atomic E-state index is 0.778. The molecule has 1 aliphatic carbocycles. The summed E-state index contributed by atoms with van der Waals surface area (Å²) in [5.74, 6) is 0.778. The first-order chi connectivity index (χ1) is 5.36. The van der Waals surface area contributed by atoms with E-state index in [1.54, 1.807) is 6.26 Å². The summed E-state index contributed by atoms with van der Waals surface area (Å²) in [6, 6.07) is 0. The second-order valence-corrected chi connectivity index (χ2v) is 3.29. The Morgan fingerprint density at radius 2 is 2.45 bits per heavy atom. The Morgan fingerprint density at radius 3 is 3.36 bits per heavy atom. The molecule has 1 nitrogen and oxygen atoms in total. The number of hydrogen-bond donors (Lipinski definition) is 0. The highest BCUT2D eigenvalue weighted by molar-refractivity contribution is 5.42. The van der Waals surface area contributed by atoms with Gasteiger partial charge in [-0.1, -0.05) is 13.0 Å². The van der Waals surface area contributed by atoms with Crippen molar-refractivity contribution in [3.05, 3.63) is 35.8 Å². The Balaban J connectivity index is 2.28. The van der Waals surface area contributed by atoms with Gasteiger partial charge in [-0.25, -0.2) is 0 Å². The fraction of sp³-hybridized carbons (Fsp3) is 0.400. The van der Waals surface area contributed by atoms with Crippen LogP contribution in [0, 0.1) is 5.92 Å². The van der Waals surface area contributed by atoms with Crippen LogP contribution in [-0.2, 0) is 4.74 Å². The molecule has 2 rings (SSSR count). The molecular weight excluding hydrogens is 136 g/mol. The van der Waals surface area contributed by atoms with Gasteiger partial charge in [-0.2, -0.15) is 0 Å². The summed E-state index contributed by atoms with van der Waals surface area (Å²) >= 11 is 0. The first-order valence-corrected chi connectivity index (χ1v) is 4.08. The third-order valence-electron chi connectivity index (χ3n) is 2.22. The van der Waals surface area contributed by atoms with Crippen molar-refractivity contribution < 1.29 is 4.74 Å². The third kappa shape index (κ3) is 1.23. The molecule has 1 aliphatic heterocycles. The molecule has 0 saturated heterocycles. The molecule has 0 aromatic carbocycles. The van der Waals surface area contributed by atoms with Crippen LogP contribution in [0.25, 0.3) is 0 Å². The van der Waals surface area contributed by atoms with Gasteiger partial charge in [0.05, 0.1) is 12.5 Å². The van der Waals surface area contributed by atoms with Crippen molar-refractivity contribution >= 4 is 0 Å². The van der Waals surface area contributed by atoms with Crippen molar-refractivity contribution in [2.75, 3.05) is 0 Å². The van der Waals surface area contributed by atoms with E-state index in [2.05, 4.69) is 13.0 Å². The van der Waals surface area contributed by atoms with Gasteiger partial charge in [0.25, 0.3) is 0 Å². The largest absolute Gasteiger partial charge is 0.472 e. The lowest BCUT2D eigenvalue weighted by molar-refractivity contribution is 0.385. The van der Waals surface area contributed by atoms with E-state index in [0.29, 0.717) is 0 Å². The van der Waals surface area contributed by atoms with Crippen LogP contribution in [0.1, 0.15) is 19.8 Å². The second-order valence-electron chi connectivity index (χ2n) is 3.29.